The summed E-state index contributed by atoms with van der Waals surface area (Å²) in [5, 5.41) is 2.79. The molecule has 6 heteroatoms. The smallest absolute Gasteiger partial charge is 0.222 e. The highest BCUT2D eigenvalue weighted by atomic mass is 16.5. The number of carbonyl (C=O) groups excluding carboxylic acids is 1. The molecule has 0 aromatic carbocycles. The van der Waals surface area contributed by atoms with Crippen LogP contribution in [0.4, 0.5) is 0 Å². The molecular formula is C11H24N2O4. The Morgan fingerprint density at radius 1 is 1.12 bits per heavy atom. The van der Waals surface area contributed by atoms with Gasteiger partial charge in [-0.25, -0.2) is 0 Å². The number of hydrogen-bond acceptors (Lipinski definition) is 5. The minimum Gasteiger partial charge on any atom is -0.382 e. The highest BCUT2D eigenvalue weighted by Gasteiger charge is 1.99. The largest absolute Gasteiger partial charge is 0.382 e. The lowest BCUT2D eigenvalue weighted by molar-refractivity contribution is -0.122. The molecule has 0 spiro atoms. The Morgan fingerprint density at radius 2 is 1.88 bits per heavy atom. The molecule has 3 N–H and O–H groups in total. The fourth-order valence-electron chi connectivity index (χ4n) is 1.09. The molecule has 0 aliphatic rings. The van der Waals surface area contributed by atoms with Crippen molar-refractivity contribution >= 4 is 5.91 Å². The lowest BCUT2D eigenvalue weighted by Crippen LogP contribution is -2.26. The third-order valence-corrected chi connectivity index (χ3v) is 1.96. The molecule has 102 valence electrons. The van der Waals surface area contributed by atoms with Gasteiger partial charge in [0.1, 0.15) is 0 Å². The first-order chi connectivity index (χ1) is 8.31. The normalized spacial score (nSPS) is 10.5. The number of ether oxygens (including phenoxy) is 3. The molecule has 0 saturated carbocycles. The van der Waals surface area contributed by atoms with Gasteiger partial charge in [-0.05, 0) is 6.42 Å². The van der Waals surface area contributed by atoms with Gasteiger partial charge in [-0.3, -0.25) is 4.79 Å². The zero-order valence-corrected chi connectivity index (χ0v) is 10.6. The second-order valence-corrected chi connectivity index (χ2v) is 3.46. The van der Waals surface area contributed by atoms with E-state index in [1.165, 1.54) is 0 Å². The number of nitrogens with one attached hydrogen (secondary N) is 1. The average molecular weight is 248 g/mol. The van der Waals surface area contributed by atoms with Crippen molar-refractivity contribution < 1.29 is 19.0 Å². The summed E-state index contributed by atoms with van der Waals surface area (Å²) in [6.45, 7) is 3.87. The van der Waals surface area contributed by atoms with Crippen LogP contribution in [0.25, 0.3) is 0 Å². The Kier molecular flexibility index (Phi) is 12.8. The van der Waals surface area contributed by atoms with Crippen molar-refractivity contribution in [3.63, 3.8) is 0 Å². The molecule has 17 heavy (non-hydrogen) atoms. The number of nitrogens with two attached hydrogens (primary N) is 1. The Balaban J connectivity index is 3.11. The molecule has 0 aliphatic carbocycles. The molecule has 6 nitrogen and oxygen atoms in total. The number of hydrogen-bond donors (Lipinski definition) is 2. The average Bonchev–Trinajstić information content (AvgIpc) is 2.33. The van der Waals surface area contributed by atoms with E-state index in [-0.39, 0.29) is 5.91 Å². The van der Waals surface area contributed by atoms with Crippen LogP contribution in [0.2, 0.25) is 0 Å². The second-order valence-electron chi connectivity index (χ2n) is 3.46. The number of amides is 1. The summed E-state index contributed by atoms with van der Waals surface area (Å²) >= 11 is 0. The topological polar surface area (TPSA) is 82.8 Å². The Morgan fingerprint density at radius 3 is 2.59 bits per heavy atom. The molecule has 0 atom stereocenters. The molecule has 0 aromatic rings. The van der Waals surface area contributed by atoms with Gasteiger partial charge in [-0.2, -0.15) is 0 Å². The summed E-state index contributed by atoms with van der Waals surface area (Å²) in [6, 6.07) is 0. The Bertz CT molecular complexity index is 179. The van der Waals surface area contributed by atoms with Crippen LogP contribution in [-0.2, 0) is 19.0 Å². The second kappa shape index (κ2) is 13.4. The van der Waals surface area contributed by atoms with Crippen LogP contribution in [-0.4, -0.2) is 59.1 Å². The zero-order chi connectivity index (χ0) is 12.8. The summed E-state index contributed by atoms with van der Waals surface area (Å²) in [6.07, 6.45) is 1.18. The predicted octanol–water partition coefficient (Wildman–Crippen LogP) is -0.479. The highest BCUT2D eigenvalue weighted by Crippen LogP contribution is 1.85. The molecule has 0 aromatic heterocycles. The van der Waals surface area contributed by atoms with Gasteiger partial charge in [0.15, 0.2) is 0 Å². The van der Waals surface area contributed by atoms with Gasteiger partial charge in [0.25, 0.3) is 0 Å². The van der Waals surface area contributed by atoms with Gasteiger partial charge in [-0.1, -0.05) is 0 Å². The third-order valence-electron chi connectivity index (χ3n) is 1.96. The standard InChI is InChI=1S/C11H24N2O4/c1-15-9-10-16-6-2-5-13-11(14)3-7-17-8-4-12/h2-10,12H2,1H3,(H,13,14). The number of methoxy groups -OCH3 is 1. The van der Waals surface area contributed by atoms with Crippen molar-refractivity contribution in [1.29, 1.82) is 0 Å². The molecule has 0 aliphatic heterocycles. The van der Waals surface area contributed by atoms with Crippen molar-refractivity contribution in [2.45, 2.75) is 12.8 Å². The third kappa shape index (κ3) is 13.2. The van der Waals surface area contributed by atoms with Crippen LogP contribution in [0.5, 0.6) is 0 Å². The van der Waals surface area contributed by atoms with Crippen LogP contribution in [0.15, 0.2) is 0 Å². The van der Waals surface area contributed by atoms with E-state index in [4.69, 9.17) is 19.9 Å². The summed E-state index contributed by atoms with van der Waals surface area (Å²) in [5.41, 5.74) is 5.25. The lowest BCUT2D eigenvalue weighted by Gasteiger charge is -2.06. The zero-order valence-electron chi connectivity index (χ0n) is 10.6. The highest BCUT2D eigenvalue weighted by molar-refractivity contribution is 5.75. The minimum absolute atomic E-state index is 0.00101. The van der Waals surface area contributed by atoms with E-state index in [2.05, 4.69) is 5.32 Å². The Hall–Kier alpha value is -0.690. The van der Waals surface area contributed by atoms with Gasteiger partial charge in [0.05, 0.1) is 26.4 Å². The first kappa shape index (κ1) is 16.3. The van der Waals surface area contributed by atoms with Crippen molar-refractivity contribution in [3.8, 4) is 0 Å². The fourth-order valence-corrected chi connectivity index (χ4v) is 1.09. The van der Waals surface area contributed by atoms with Crippen LogP contribution < -0.4 is 11.1 Å². The summed E-state index contributed by atoms with van der Waals surface area (Å²) < 4.78 is 15.2. The molecule has 0 fully saturated rings. The van der Waals surface area contributed by atoms with Crippen LogP contribution in [0, 0.1) is 0 Å². The maximum Gasteiger partial charge on any atom is 0.222 e. The number of carbonyl (C=O) groups is 1. The van der Waals surface area contributed by atoms with Crippen LogP contribution in [0.3, 0.4) is 0 Å². The number of rotatable bonds is 12. The first-order valence-corrected chi connectivity index (χ1v) is 5.92. The Labute approximate surface area is 103 Å². The van der Waals surface area contributed by atoms with Gasteiger partial charge >= 0.3 is 0 Å². The van der Waals surface area contributed by atoms with E-state index >= 15 is 0 Å². The first-order valence-electron chi connectivity index (χ1n) is 5.92. The lowest BCUT2D eigenvalue weighted by atomic mass is 10.4. The van der Waals surface area contributed by atoms with Crippen molar-refractivity contribution in [2.24, 2.45) is 5.73 Å². The van der Waals surface area contributed by atoms with Crippen LogP contribution >= 0.6 is 0 Å². The van der Waals surface area contributed by atoms with Crippen molar-refractivity contribution in [3.05, 3.63) is 0 Å². The van der Waals surface area contributed by atoms with Crippen LogP contribution in [0.1, 0.15) is 12.8 Å². The maximum absolute atomic E-state index is 11.3. The molecule has 0 rings (SSSR count). The molecular weight excluding hydrogens is 224 g/mol. The monoisotopic (exact) mass is 248 g/mol. The van der Waals surface area contributed by atoms with Crippen molar-refractivity contribution in [1.82, 2.24) is 5.32 Å². The molecule has 0 heterocycles. The molecule has 0 saturated heterocycles. The van der Waals surface area contributed by atoms with Gasteiger partial charge in [0.2, 0.25) is 5.91 Å². The van der Waals surface area contributed by atoms with Gasteiger partial charge < -0.3 is 25.3 Å². The SMILES string of the molecule is COCCOCCCNC(=O)CCOCCN. The fraction of sp³-hybridized carbons (Fsp3) is 0.909. The minimum atomic E-state index is -0.00101. The molecule has 0 unspecified atom stereocenters. The van der Waals surface area contributed by atoms with E-state index in [1.807, 2.05) is 0 Å². The summed E-state index contributed by atoms with van der Waals surface area (Å²) in [7, 11) is 1.64. The van der Waals surface area contributed by atoms with E-state index in [0.717, 1.165) is 6.42 Å². The maximum atomic E-state index is 11.3. The van der Waals surface area contributed by atoms with E-state index < -0.39 is 0 Å². The van der Waals surface area contributed by atoms with E-state index in [0.29, 0.717) is 52.5 Å². The summed E-state index contributed by atoms with van der Waals surface area (Å²) in [5.74, 6) is -0.00101. The van der Waals surface area contributed by atoms with E-state index in [9.17, 15) is 4.79 Å². The predicted molar refractivity (Wildman–Crippen MR) is 64.8 cm³/mol. The molecule has 0 radical (unpaired) electrons. The quantitative estimate of drug-likeness (QED) is 0.456. The van der Waals surface area contributed by atoms with E-state index in [1.54, 1.807) is 7.11 Å². The van der Waals surface area contributed by atoms with Gasteiger partial charge in [0, 0.05) is 33.2 Å². The van der Waals surface area contributed by atoms with Crippen molar-refractivity contribution in [2.75, 3.05) is 53.2 Å². The molecule has 1 amide bonds. The summed E-state index contributed by atoms with van der Waals surface area (Å²) in [4.78, 5) is 11.3. The molecule has 0 bridgehead atoms. The van der Waals surface area contributed by atoms with Gasteiger partial charge in [-0.15, -0.1) is 0 Å².